The zero-order chi connectivity index (χ0) is 12.9. The lowest BCUT2D eigenvalue weighted by Gasteiger charge is -2.37. The third-order valence-electron chi connectivity index (χ3n) is 3.77. The van der Waals surface area contributed by atoms with Crippen molar-refractivity contribution in [2.45, 2.75) is 37.5 Å². The number of carbonyl (C=O) groups is 1. The van der Waals surface area contributed by atoms with E-state index in [9.17, 15) is 15.0 Å². The van der Waals surface area contributed by atoms with Gasteiger partial charge in [0, 0.05) is 12.1 Å². The van der Waals surface area contributed by atoms with E-state index >= 15 is 0 Å². The summed E-state index contributed by atoms with van der Waals surface area (Å²) in [5.41, 5.74) is 0.785. The number of hydrogen-bond donors (Lipinski definition) is 2. The van der Waals surface area contributed by atoms with E-state index in [1.54, 1.807) is 12.1 Å². The monoisotopic (exact) mass is 268 g/mol. The molecule has 1 aromatic heterocycles. The van der Waals surface area contributed by atoms with E-state index in [2.05, 4.69) is 4.98 Å². The van der Waals surface area contributed by atoms with Crippen molar-refractivity contribution >= 4 is 17.7 Å². The van der Waals surface area contributed by atoms with Crippen molar-refractivity contribution in [3.8, 4) is 0 Å². The lowest BCUT2D eigenvalue weighted by molar-refractivity contribution is 0.0218. The highest BCUT2D eigenvalue weighted by Gasteiger charge is 2.53. The fraction of sp³-hybridized carbons (Fsp3) is 0.500. The molecule has 18 heavy (non-hydrogen) atoms. The molecule has 1 saturated carbocycles. The lowest BCUT2D eigenvalue weighted by atomic mass is 9.94. The van der Waals surface area contributed by atoms with E-state index in [0.717, 1.165) is 11.3 Å². The predicted molar refractivity (Wildman–Crippen MR) is 64.5 cm³/mol. The van der Waals surface area contributed by atoms with Crippen LogP contribution in [0.15, 0.2) is 12.1 Å². The summed E-state index contributed by atoms with van der Waals surface area (Å²) < 4.78 is 0. The Morgan fingerprint density at radius 1 is 1.50 bits per heavy atom. The lowest BCUT2D eigenvalue weighted by Crippen LogP contribution is -2.51. The zero-order valence-corrected chi connectivity index (χ0v) is 10.4. The standard InChI is InChI=1S/C12H13ClN2O3/c13-10-2-1-7-6-15(11(16)17)9(5-8(7)14-10)12(18)3-4-12/h1-2,9,18H,3-6H2,(H,16,17). The first-order valence-corrected chi connectivity index (χ1v) is 6.24. The van der Waals surface area contributed by atoms with E-state index in [4.69, 9.17) is 11.6 Å². The quantitative estimate of drug-likeness (QED) is 0.760. The molecule has 0 bridgehead atoms. The largest absolute Gasteiger partial charge is 0.465 e. The van der Waals surface area contributed by atoms with Crippen molar-refractivity contribution in [3.63, 3.8) is 0 Å². The van der Waals surface area contributed by atoms with E-state index in [0.29, 0.717) is 24.4 Å². The van der Waals surface area contributed by atoms with Crippen molar-refractivity contribution in [2.24, 2.45) is 0 Å². The van der Waals surface area contributed by atoms with E-state index in [-0.39, 0.29) is 6.54 Å². The van der Waals surface area contributed by atoms with E-state index in [1.807, 2.05) is 0 Å². The number of pyridine rings is 1. The maximum absolute atomic E-state index is 11.3. The normalized spacial score (nSPS) is 24.6. The second-order valence-electron chi connectivity index (χ2n) is 4.97. The minimum atomic E-state index is -0.999. The zero-order valence-electron chi connectivity index (χ0n) is 9.64. The van der Waals surface area contributed by atoms with Crippen LogP contribution in [0.3, 0.4) is 0 Å². The molecule has 3 rings (SSSR count). The number of halogens is 1. The highest BCUT2D eigenvalue weighted by atomic mass is 35.5. The summed E-state index contributed by atoms with van der Waals surface area (Å²) in [5, 5.41) is 19.9. The predicted octanol–water partition coefficient (Wildman–Crippen LogP) is 1.66. The van der Waals surface area contributed by atoms with Gasteiger partial charge in [-0.25, -0.2) is 9.78 Å². The molecule has 1 aliphatic carbocycles. The van der Waals surface area contributed by atoms with Gasteiger partial charge in [0.05, 0.1) is 18.2 Å². The van der Waals surface area contributed by atoms with Crippen LogP contribution in [0.4, 0.5) is 4.79 Å². The van der Waals surface area contributed by atoms with E-state index in [1.165, 1.54) is 4.90 Å². The molecule has 1 aliphatic heterocycles. The Morgan fingerprint density at radius 3 is 2.83 bits per heavy atom. The summed E-state index contributed by atoms with van der Waals surface area (Å²) in [7, 11) is 0. The topological polar surface area (TPSA) is 73.7 Å². The molecular weight excluding hydrogens is 256 g/mol. The molecule has 96 valence electrons. The molecule has 1 unspecified atom stereocenters. The summed E-state index contributed by atoms with van der Waals surface area (Å²) in [4.78, 5) is 16.8. The Bertz CT molecular complexity index is 516. The molecule has 1 fully saturated rings. The Hall–Kier alpha value is -1.33. The van der Waals surface area contributed by atoms with Crippen LogP contribution in [0.1, 0.15) is 24.1 Å². The number of fused-ring (bicyclic) bond motifs is 1. The van der Waals surface area contributed by atoms with Gasteiger partial charge in [0.1, 0.15) is 5.15 Å². The number of nitrogens with zero attached hydrogens (tertiary/aromatic N) is 2. The summed E-state index contributed by atoms with van der Waals surface area (Å²) in [6.45, 7) is 0.266. The molecule has 1 aromatic rings. The van der Waals surface area contributed by atoms with Crippen LogP contribution in [0, 0.1) is 0 Å². The number of hydrogen-bond acceptors (Lipinski definition) is 3. The summed E-state index contributed by atoms with van der Waals surface area (Å²) in [6, 6.07) is 3.05. The number of rotatable bonds is 1. The third-order valence-corrected chi connectivity index (χ3v) is 3.98. The van der Waals surface area contributed by atoms with Crippen molar-refractivity contribution in [2.75, 3.05) is 0 Å². The molecule has 0 spiro atoms. The summed E-state index contributed by atoms with van der Waals surface area (Å²) >= 11 is 5.85. The number of aliphatic hydroxyl groups is 1. The van der Waals surface area contributed by atoms with Gasteiger partial charge in [-0.15, -0.1) is 0 Å². The Kier molecular flexibility index (Phi) is 2.50. The second kappa shape index (κ2) is 3.83. The van der Waals surface area contributed by atoms with Crippen molar-refractivity contribution in [1.29, 1.82) is 0 Å². The Balaban J connectivity index is 1.98. The first-order chi connectivity index (χ1) is 8.49. The highest BCUT2D eigenvalue weighted by molar-refractivity contribution is 6.29. The van der Waals surface area contributed by atoms with Crippen LogP contribution in [0.2, 0.25) is 5.15 Å². The molecular formula is C12H13ClN2O3. The van der Waals surface area contributed by atoms with Crippen LogP contribution < -0.4 is 0 Å². The maximum atomic E-state index is 11.3. The Morgan fingerprint density at radius 2 is 2.22 bits per heavy atom. The van der Waals surface area contributed by atoms with Gasteiger partial charge in [-0.05, 0) is 24.5 Å². The van der Waals surface area contributed by atoms with Crippen molar-refractivity contribution < 1.29 is 15.0 Å². The van der Waals surface area contributed by atoms with Gasteiger partial charge < -0.3 is 10.2 Å². The molecule has 2 N–H and O–H groups in total. The van der Waals surface area contributed by atoms with Gasteiger partial charge >= 0.3 is 6.09 Å². The van der Waals surface area contributed by atoms with Crippen molar-refractivity contribution in [3.05, 3.63) is 28.5 Å². The maximum Gasteiger partial charge on any atom is 0.407 e. The first kappa shape index (κ1) is 11.7. The molecule has 5 nitrogen and oxygen atoms in total. The van der Waals surface area contributed by atoms with Crippen LogP contribution in [0.25, 0.3) is 0 Å². The first-order valence-electron chi connectivity index (χ1n) is 5.86. The highest BCUT2D eigenvalue weighted by Crippen LogP contribution is 2.44. The molecule has 1 amide bonds. The SMILES string of the molecule is O=C(O)N1Cc2ccc(Cl)nc2CC1C1(O)CC1. The summed E-state index contributed by atoms with van der Waals surface area (Å²) in [5.74, 6) is 0. The van der Waals surface area contributed by atoms with Gasteiger partial charge in [0.2, 0.25) is 0 Å². The van der Waals surface area contributed by atoms with Gasteiger partial charge in [-0.3, -0.25) is 4.90 Å². The average molecular weight is 269 g/mol. The van der Waals surface area contributed by atoms with Gasteiger partial charge in [0.15, 0.2) is 0 Å². The van der Waals surface area contributed by atoms with Crippen LogP contribution in [0.5, 0.6) is 0 Å². The molecule has 2 aliphatic rings. The van der Waals surface area contributed by atoms with Crippen LogP contribution in [-0.4, -0.2) is 37.8 Å². The van der Waals surface area contributed by atoms with Gasteiger partial charge in [-0.1, -0.05) is 17.7 Å². The average Bonchev–Trinajstić information content (AvgIpc) is 3.06. The van der Waals surface area contributed by atoms with Crippen LogP contribution >= 0.6 is 11.6 Å². The minimum absolute atomic E-state index is 0.266. The molecule has 0 aromatic carbocycles. The van der Waals surface area contributed by atoms with Gasteiger partial charge in [0.25, 0.3) is 0 Å². The number of amides is 1. The molecule has 0 saturated heterocycles. The number of aromatic nitrogens is 1. The smallest absolute Gasteiger partial charge is 0.407 e. The Labute approximate surface area is 109 Å². The van der Waals surface area contributed by atoms with E-state index < -0.39 is 17.7 Å². The van der Waals surface area contributed by atoms with Crippen molar-refractivity contribution in [1.82, 2.24) is 9.88 Å². The number of carboxylic acid groups (broad SMARTS) is 1. The fourth-order valence-electron chi connectivity index (χ4n) is 2.55. The molecule has 0 radical (unpaired) electrons. The minimum Gasteiger partial charge on any atom is -0.465 e. The summed E-state index contributed by atoms with van der Waals surface area (Å²) in [6.07, 6.45) is 0.730. The third kappa shape index (κ3) is 1.83. The second-order valence-corrected chi connectivity index (χ2v) is 5.36. The molecule has 6 heteroatoms. The fourth-order valence-corrected chi connectivity index (χ4v) is 2.72. The molecule has 1 atom stereocenters. The van der Waals surface area contributed by atoms with Gasteiger partial charge in [-0.2, -0.15) is 0 Å². The van der Waals surface area contributed by atoms with Crippen LogP contribution in [-0.2, 0) is 13.0 Å². The molecule has 2 heterocycles.